The van der Waals surface area contributed by atoms with Crippen molar-refractivity contribution in [3.8, 4) is 0 Å². The van der Waals surface area contributed by atoms with Gasteiger partial charge in [0.2, 0.25) is 5.95 Å². The van der Waals surface area contributed by atoms with Gasteiger partial charge in [-0.1, -0.05) is 0 Å². The SMILES string of the molecule is CCNC(=O)NC1CCN(c2nc(C)cc(C)n2)CC1. The molecule has 1 saturated heterocycles. The predicted octanol–water partition coefficient (Wildman–Crippen LogP) is 1.38. The molecule has 0 aliphatic carbocycles. The third kappa shape index (κ3) is 3.82. The molecule has 6 nitrogen and oxygen atoms in total. The van der Waals surface area contributed by atoms with Crippen LogP contribution in [-0.4, -0.2) is 41.7 Å². The molecule has 2 heterocycles. The zero-order chi connectivity index (χ0) is 14.5. The zero-order valence-corrected chi connectivity index (χ0v) is 12.4. The molecule has 1 aliphatic heterocycles. The molecule has 2 rings (SSSR count). The second-order valence-corrected chi connectivity index (χ2v) is 5.22. The number of amides is 2. The number of hydrogen-bond acceptors (Lipinski definition) is 4. The lowest BCUT2D eigenvalue weighted by atomic mass is 10.1. The van der Waals surface area contributed by atoms with Gasteiger partial charge in [0.05, 0.1) is 0 Å². The maximum absolute atomic E-state index is 11.5. The van der Waals surface area contributed by atoms with Crippen molar-refractivity contribution in [2.75, 3.05) is 24.5 Å². The highest BCUT2D eigenvalue weighted by Crippen LogP contribution is 2.17. The fraction of sp³-hybridized carbons (Fsp3) is 0.643. The number of nitrogens with one attached hydrogen (secondary N) is 2. The van der Waals surface area contributed by atoms with Crippen LogP contribution in [0.1, 0.15) is 31.2 Å². The first-order valence-corrected chi connectivity index (χ1v) is 7.20. The summed E-state index contributed by atoms with van der Waals surface area (Å²) in [5, 5.41) is 5.76. The molecule has 0 bridgehead atoms. The van der Waals surface area contributed by atoms with Gasteiger partial charge in [0.1, 0.15) is 0 Å². The van der Waals surface area contributed by atoms with Gasteiger partial charge in [-0.25, -0.2) is 14.8 Å². The molecular weight excluding hydrogens is 254 g/mol. The number of carbonyl (C=O) groups is 1. The van der Waals surface area contributed by atoms with E-state index < -0.39 is 0 Å². The molecule has 1 aromatic rings. The number of aryl methyl sites for hydroxylation is 2. The van der Waals surface area contributed by atoms with Gasteiger partial charge in [0.15, 0.2) is 0 Å². The summed E-state index contributed by atoms with van der Waals surface area (Å²) in [6.45, 7) is 8.30. The van der Waals surface area contributed by atoms with Crippen molar-refractivity contribution >= 4 is 12.0 Å². The van der Waals surface area contributed by atoms with Gasteiger partial charge >= 0.3 is 6.03 Å². The Balaban J connectivity index is 1.89. The average Bonchev–Trinajstić information content (AvgIpc) is 2.38. The maximum atomic E-state index is 11.5. The summed E-state index contributed by atoms with van der Waals surface area (Å²) in [7, 11) is 0. The van der Waals surface area contributed by atoms with Crippen LogP contribution in [0.4, 0.5) is 10.7 Å². The Hall–Kier alpha value is -1.85. The Morgan fingerprint density at radius 1 is 1.30 bits per heavy atom. The Morgan fingerprint density at radius 3 is 2.45 bits per heavy atom. The van der Waals surface area contributed by atoms with Crippen molar-refractivity contribution in [1.82, 2.24) is 20.6 Å². The molecule has 2 amide bonds. The van der Waals surface area contributed by atoms with Crippen molar-refractivity contribution in [2.45, 2.75) is 39.7 Å². The molecule has 0 radical (unpaired) electrons. The van der Waals surface area contributed by atoms with Gasteiger partial charge in [-0.05, 0) is 39.7 Å². The third-order valence-corrected chi connectivity index (χ3v) is 3.42. The van der Waals surface area contributed by atoms with E-state index in [9.17, 15) is 4.79 Å². The van der Waals surface area contributed by atoms with Crippen molar-refractivity contribution in [2.24, 2.45) is 0 Å². The highest BCUT2D eigenvalue weighted by Gasteiger charge is 2.22. The lowest BCUT2D eigenvalue weighted by Gasteiger charge is -2.32. The highest BCUT2D eigenvalue weighted by molar-refractivity contribution is 5.74. The number of nitrogens with zero attached hydrogens (tertiary/aromatic N) is 3. The van der Waals surface area contributed by atoms with E-state index in [0.29, 0.717) is 6.54 Å². The molecule has 0 atom stereocenters. The van der Waals surface area contributed by atoms with Crippen LogP contribution in [0.5, 0.6) is 0 Å². The van der Waals surface area contributed by atoms with Crippen LogP contribution in [-0.2, 0) is 0 Å². The van der Waals surface area contributed by atoms with Gasteiger partial charge in [0, 0.05) is 37.1 Å². The molecule has 0 unspecified atom stereocenters. The Morgan fingerprint density at radius 2 is 1.90 bits per heavy atom. The molecule has 0 spiro atoms. The summed E-state index contributed by atoms with van der Waals surface area (Å²) in [6, 6.07) is 2.14. The molecular formula is C14H23N5O. The number of hydrogen-bond donors (Lipinski definition) is 2. The molecule has 20 heavy (non-hydrogen) atoms. The van der Waals surface area contributed by atoms with E-state index in [-0.39, 0.29) is 12.1 Å². The number of rotatable bonds is 3. The molecule has 1 aromatic heterocycles. The topological polar surface area (TPSA) is 70.2 Å². The van der Waals surface area contributed by atoms with Gasteiger partial charge in [0.25, 0.3) is 0 Å². The standard InChI is InChI=1S/C14H23N5O/c1-4-15-14(20)18-12-5-7-19(8-6-12)13-16-10(2)9-11(3)17-13/h9,12H,4-8H2,1-3H3,(H2,15,18,20). The lowest BCUT2D eigenvalue weighted by Crippen LogP contribution is -2.48. The largest absolute Gasteiger partial charge is 0.341 e. The molecule has 6 heteroatoms. The maximum Gasteiger partial charge on any atom is 0.314 e. The van der Waals surface area contributed by atoms with E-state index >= 15 is 0 Å². The van der Waals surface area contributed by atoms with Gasteiger partial charge < -0.3 is 15.5 Å². The highest BCUT2D eigenvalue weighted by atomic mass is 16.2. The number of carbonyl (C=O) groups excluding carboxylic acids is 1. The lowest BCUT2D eigenvalue weighted by molar-refractivity contribution is 0.235. The van der Waals surface area contributed by atoms with Crippen LogP contribution >= 0.6 is 0 Å². The van der Waals surface area contributed by atoms with Crippen LogP contribution in [0.3, 0.4) is 0 Å². The van der Waals surface area contributed by atoms with Gasteiger partial charge in [-0.2, -0.15) is 0 Å². The fourth-order valence-electron chi connectivity index (χ4n) is 2.47. The van der Waals surface area contributed by atoms with Gasteiger partial charge in [-0.15, -0.1) is 0 Å². The summed E-state index contributed by atoms with van der Waals surface area (Å²) in [6.07, 6.45) is 1.85. The van der Waals surface area contributed by atoms with Crippen LogP contribution in [0.2, 0.25) is 0 Å². The number of piperidine rings is 1. The Bertz CT molecular complexity index is 448. The van der Waals surface area contributed by atoms with Crippen molar-refractivity contribution in [3.05, 3.63) is 17.5 Å². The quantitative estimate of drug-likeness (QED) is 0.875. The summed E-state index contributed by atoms with van der Waals surface area (Å²) in [5.74, 6) is 0.805. The summed E-state index contributed by atoms with van der Waals surface area (Å²) in [5.41, 5.74) is 1.99. The fourth-order valence-corrected chi connectivity index (χ4v) is 2.47. The molecule has 1 aliphatic rings. The smallest absolute Gasteiger partial charge is 0.314 e. The number of anilines is 1. The van der Waals surface area contributed by atoms with Crippen LogP contribution in [0.15, 0.2) is 6.07 Å². The molecule has 1 fully saturated rings. The van der Waals surface area contributed by atoms with Crippen molar-refractivity contribution in [3.63, 3.8) is 0 Å². The first-order chi connectivity index (χ1) is 9.58. The van der Waals surface area contributed by atoms with E-state index in [0.717, 1.165) is 43.3 Å². The minimum atomic E-state index is -0.0754. The van der Waals surface area contributed by atoms with Crippen molar-refractivity contribution in [1.29, 1.82) is 0 Å². The van der Waals surface area contributed by atoms with Crippen LogP contribution in [0, 0.1) is 13.8 Å². The summed E-state index contributed by atoms with van der Waals surface area (Å²) >= 11 is 0. The minimum Gasteiger partial charge on any atom is -0.341 e. The average molecular weight is 277 g/mol. The van der Waals surface area contributed by atoms with E-state index in [1.54, 1.807) is 0 Å². The minimum absolute atomic E-state index is 0.0754. The summed E-state index contributed by atoms with van der Waals surface area (Å²) in [4.78, 5) is 22.7. The van der Waals surface area contributed by atoms with E-state index in [2.05, 4.69) is 25.5 Å². The third-order valence-electron chi connectivity index (χ3n) is 3.42. The number of urea groups is 1. The second-order valence-electron chi connectivity index (χ2n) is 5.22. The normalized spacial score (nSPS) is 16.1. The van der Waals surface area contributed by atoms with Crippen LogP contribution < -0.4 is 15.5 Å². The van der Waals surface area contributed by atoms with Crippen molar-refractivity contribution < 1.29 is 4.79 Å². The monoisotopic (exact) mass is 277 g/mol. The van der Waals surface area contributed by atoms with Gasteiger partial charge in [-0.3, -0.25) is 0 Å². The zero-order valence-electron chi connectivity index (χ0n) is 12.4. The second kappa shape index (κ2) is 6.54. The first kappa shape index (κ1) is 14.6. The molecule has 110 valence electrons. The predicted molar refractivity (Wildman–Crippen MR) is 78.9 cm³/mol. The molecule has 0 aromatic carbocycles. The number of aromatic nitrogens is 2. The first-order valence-electron chi connectivity index (χ1n) is 7.20. The Labute approximate surface area is 120 Å². The summed E-state index contributed by atoms with van der Waals surface area (Å²) < 4.78 is 0. The van der Waals surface area contributed by atoms with E-state index in [4.69, 9.17) is 0 Å². The van der Waals surface area contributed by atoms with Crippen LogP contribution in [0.25, 0.3) is 0 Å². The Kier molecular flexibility index (Phi) is 4.76. The van der Waals surface area contributed by atoms with E-state index in [1.807, 2.05) is 26.8 Å². The molecule has 2 N–H and O–H groups in total. The molecule has 0 saturated carbocycles. The van der Waals surface area contributed by atoms with E-state index in [1.165, 1.54) is 0 Å².